The van der Waals surface area contributed by atoms with Crippen molar-refractivity contribution in [2.45, 2.75) is 43.9 Å². The van der Waals surface area contributed by atoms with Gasteiger partial charge in [0.1, 0.15) is 0 Å². The van der Waals surface area contributed by atoms with Crippen LogP contribution >= 0.6 is 11.8 Å². The van der Waals surface area contributed by atoms with Gasteiger partial charge in [0.05, 0.1) is 4.92 Å². The molecule has 0 atom stereocenters. The van der Waals surface area contributed by atoms with Crippen LogP contribution in [0, 0.1) is 10.1 Å². The van der Waals surface area contributed by atoms with Crippen molar-refractivity contribution in [1.82, 2.24) is 0 Å². The molecule has 0 unspecified atom stereocenters. The number of allylic oxidation sites excluding steroid dienone is 1. The van der Waals surface area contributed by atoms with Crippen molar-refractivity contribution < 1.29 is 4.92 Å². The molecule has 0 aliphatic heterocycles. The van der Waals surface area contributed by atoms with Crippen LogP contribution in [0.2, 0.25) is 0 Å². The topological polar surface area (TPSA) is 43.1 Å². The summed E-state index contributed by atoms with van der Waals surface area (Å²) >= 11 is 1.42. The molecule has 1 aromatic rings. The fourth-order valence-electron chi connectivity index (χ4n) is 1.56. The molecular weight excluding hydrogens is 246 g/mol. The summed E-state index contributed by atoms with van der Waals surface area (Å²) < 4.78 is 0. The van der Waals surface area contributed by atoms with Gasteiger partial charge in [0.2, 0.25) is 0 Å². The van der Waals surface area contributed by atoms with E-state index in [1.807, 2.05) is 30.3 Å². The zero-order valence-electron chi connectivity index (χ0n) is 10.7. The summed E-state index contributed by atoms with van der Waals surface area (Å²) in [5.74, 6) is 0. The Morgan fingerprint density at radius 2 is 2.00 bits per heavy atom. The summed E-state index contributed by atoms with van der Waals surface area (Å²) in [6.07, 6.45) is 4.83. The molecule has 98 valence electrons. The monoisotopic (exact) mass is 265 g/mol. The van der Waals surface area contributed by atoms with Gasteiger partial charge in [-0.1, -0.05) is 56.1 Å². The van der Waals surface area contributed by atoms with Crippen molar-refractivity contribution in [3.63, 3.8) is 0 Å². The normalized spacial score (nSPS) is 11.5. The van der Waals surface area contributed by atoms with Crippen molar-refractivity contribution in [3.8, 4) is 0 Å². The third-order valence-electron chi connectivity index (χ3n) is 2.60. The van der Waals surface area contributed by atoms with Crippen molar-refractivity contribution in [2.75, 3.05) is 0 Å². The van der Waals surface area contributed by atoms with Gasteiger partial charge in [-0.05, 0) is 18.6 Å². The Hall–Kier alpha value is -1.29. The second kappa shape index (κ2) is 8.75. The van der Waals surface area contributed by atoms with E-state index in [4.69, 9.17) is 0 Å². The Morgan fingerprint density at radius 3 is 2.61 bits per heavy atom. The lowest BCUT2D eigenvalue weighted by atomic mass is 10.1. The predicted octanol–water partition coefficient (Wildman–Crippen LogP) is 4.87. The molecule has 0 amide bonds. The predicted molar refractivity (Wildman–Crippen MR) is 76.1 cm³/mol. The molecule has 3 nitrogen and oxygen atoms in total. The largest absolute Gasteiger partial charge is 0.259 e. The van der Waals surface area contributed by atoms with Gasteiger partial charge < -0.3 is 0 Å². The Kier molecular flexibility index (Phi) is 7.18. The fourth-order valence-corrected chi connectivity index (χ4v) is 2.35. The first-order chi connectivity index (χ1) is 8.74. The first-order valence-electron chi connectivity index (χ1n) is 6.29. The molecule has 1 rings (SSSR count). The lowest BCUT2D eigenvalue weighted by Crippen LogP contribution is -1.98. The van der Waals surface area contributed by atoms with Crippen LogP contribution < -0.4 is 0 Å². The van der Waals surface area contributed by atoms with E-state index in [-0.39, 0.29) is 4.92 Å². The highest BCUT2D eigenvalue weighted by Crippen LogP contribution is 2.22. The van der Waals surface area contributed by atoms with Gasteiger partial charge in [0.15, 0.2) is 0 Å². The van der Waals surface area contributed by atoms with Crippen LogP contribution in [-0.4, -0.2) is 4.92 Å². The summed E-state index contributed by atoms with van der Waals surface area (Å²) in [6, 6.07) is 9.71. The lowest BCUT2D eigenvalue weighted by Gasteiger charge is -1.99. The first kappa shape index (κ1) is 14.8. The molecule has 18 heavy (non-hydrogen) atoms. The zero-order valence-corrected chi connectivity index (χ0v) is 11.5. The standard InChI is InChI=1S/C14H19NO2S/c1-2-3-4-6-9-13(15(16)17)12-18-14-10-7-5-8-11-14/h5,7-8,10-12H,2-4,6,9H2,1H3/b13-12+. The second-order valence-corrected chi connectivity index (χ2v) is 5.05. The molecule has 0 aliphatic carbocycles. The maximum Gasteiger partial charge on any atom is 0.252 e. The van der Waals surface area contributed by atoms with Crippen LogP contribution in [0.3, 0.4) is 0 Å². The molecule has 4 heteroatoms. The van der Waals surface area contributed by atoms with Gasteiger partial charge in [-0.15, -0.1) is 0 Å². The number of benzene rings is 1. The van der Waals surface area contributed by atoms with Crippen LogP contribution in [0.15, 0.2) is 46.3 Å². The van der Waals surface area contributed by atoms with Crippen LogP contribution in [0.4, 0.5) is 0 Å². The van der Waals surface area contributed by atoms with Crippen LogP contribution in [-0.2, 0) is 0 Å². The number of hydrogen-bond acceptors (Lipinski definition) is 3. The summed E-state index contributed by atoms with van der Waals surface area (Å²) in [4.78, 5) is 11.7. The molecule has 0 saturated carbocycles. The second-order valence-electron chi connectivity index (χ2n) is 4.11. The highest BCUT2D eigenvalue weighted by atomic mass is 32.2. The molecule has 0 N–H and O–H groups in total. The zero-order chi connectivity index (χ0) is 13.2. The summed E-state index contributed by atoms with van der Waals surface area (Å²) in [7, 11) is 0. The Morgan fingerprint density at radius 1 is 1.28 bits per heavy atom. The Bertz CT molecular complexity index is 390. The fraction of sp³-hybridized carbons (Fsp3) is 0.429. The van der Waals surface area contributed by atoms with Crippen molar-refractivity contribution >= 4 is 11.8 Å². The van der Waals surface area contributed by atoms with Crippen LogP contribution in [0.1, 0.15) is 39.0 Å². The number of nitro groups is 1. The summed E-state index contributed by atoms with van der Waals surface area (Å²) in [6.45, 7) is 2.13. The SMILES string of the molecule is CCCCCC/C(=C\Sc1ccccc1)[N+](=O)[O-]. The first-order valence-corrected chi connectivity index (χ1v) is 7.17. The van der Waals surface area contributed by atoms with Gasteiger partial charge in [-0.3, -0.25) is 10.1 Å². The molecule has 1 aromatic carbocycles. The molecule has 0 bridgehead atoms. The average Bonchev–Trinajstić information content (AvgIpc) is 2.38. The molecule has 0 heterocycles. The van der Waals surface area contributed by atoms with Gasteiger partial charge in [-0.2, -0.15) is 0 Å². The molecule has 0 aromatic heterocycles. The third kappa shape index (κ3) is 5.87. The lowest BCUT2D eigenvalue weighted by molar-refractivity contribution is -0.427. The van der Waals surface area contributed by atoms with Gasteiger partial charge in [0, 0.05) is 16.7 Å². The maximum atomic E-state index is 10.9. The summed E-state index contributed by atoms with van der Waals surface area (Å²) in [5.41, 5.74) is 0.319. The Balaban J connectivity index is 2.48. The van der Waals surface area contributed by atoms with E-state index >= 15 is 0 Å². The number of nitrogens with zero attached hydrogens (tertiary/aromatic N) is 1. The minimum Gasteiger partial charge on any atom is -0.259 e. The van der Waals surface area contributed by atoms with E-state index in [1.54, 1.807) is 5.41 Å². The van der Waals surface area contributed by atoms with E-state index in [1.165, 1.54) is 11.8 Å². The van der Waals surface area contributed by atoms with Crippen LogP contribution in [0.5, 0.6) is 0 Å². The molecule has 0 fully saturated rings. The molecule has 0 spiro atoms. The molecular formula is C14H19NO2S. The molecule has 0 saturated heterocycles. The average molecular weight is 265 g/mol. The number of rotatable bonds is 8. The third-order valence-corrected chi connectivity index (χ3v) is 3.53. The maximum absolute atomic E-state index is 10.9. The van der Waals surface area contributed by atoms with Crippen molar-refractivity contribution in [3.05, 3.63) is 51.6 Å². The van der Waals surface area contributed by atoms with Gasteiger partial charge >= 0.3 is 0 Å². The Labute approximate surface area is 112 Å². The smallest absolute Gasteiger partial charge is 0.252 e. The molecule has 0 aliphatic rings. The van der Waals surface area contributed by atoms with Crippen molar-refractivity contribution in [2.24, 2.45) is 0 Å². The molecule has 0 radical (unpaired) electrons. The van der Waals surface area contributed by atoms with Gasteiger partial charge in [0.25, 0.3) is 5.70 Å². The number of hydrogen-bond donors (Lipinski definition) is 0. The van der Waals surface area contributed by atoms with E-state index in [2.05, 4.69) is 6.92 Å². The minimum absolute atomic E-state index is 0.262. The van der Waals surface area contributed by atoms with E-state index in [0.717, 1.165) is 30.6 Å². The highest BCUT2D eigenvalue weighted by molar-refractivity contribution is 8.02. The van der Waals surface area contributed by atoms with E-state index < -0.39 is 0 Å². The highest BCUT2D eigenvalue weighted by Gasteiger charge is 2.09. The number of thioether (sulfide) groups is 1. The van der Waals surface area contributed by atoms with E-state index in [0.29, 0.717) is 12.1 Å². The number of unbranched alkanes of at least 4 members (excludes halogenated alkanes) is 3. The van der Waals surface area contributed by atoms with Crippen molar-refractivity contribution in [1.29, 1.82) is 0 Å². The van der Waals surface area contributed by atoms with Gasteiger partial charge in [-0.25, -0.2) is 0 Å². The summed E-state index contributed by atoms with van der Waals surface area (Å²) in [5, 5.41) is 12.6. The van der Waals surface area contributed by atoms with E-state index in [9.17, 15) is 10.1 Å². The van der Waals surface area contributed by atoms with Crippen LogP contribution in [0.25, 0.3) is 0 Å². The minimum atomic E-state index is -0.262. The quantitative estimate of drug-likeness (QED) is 0.291.